The zero-order valence-electron chi connectivity index (χ0n) is 6.83. The van der Waals surface area contributed by atoms with Crippen LogP contribution in [0.3, 0.4) is 0 Å². The van der Waals surface area contributed by atoms with Gasteiger partial charge >= 0.3 is 0 Å². The third-order valence-electron chi connectivity index (χ3n) is 1.42. The van der Waals surface area contributed by atoms with Gasteiger partial charge in [-0.15, -0.1) is 6.42 Å². The number of nitrogens with one attached hydrogen (secondary N) is 1. The first-order valence-electron chi connectivity index (χ1n) is 3.70. The standard InChI is InChI=1S/C10H8BrNO/c1-2-9(11)10(13)12-8-6-4-3-5-7-8/h1,3-7,9H,(H,12,13). The third-order valence-corrected chi connectivity index (χ3v) is 2.10. The fourth-order valence-electron chi connectivity index (χ4n) is 0.803. The van der Waals surface area contributed by atoms with E-state index in [4.69, 9.17) is 6.42 Å². The van der Waals surface area contributed by atoms with E-state index in [1.165, 1.54) is 0 Å². The van der Waals surface area contributed by atoms with E-state index >= 15 is 0 Å². The van der Waals surface area contributed by atoms with Crippen LogP contribution in [0.15, 0.2) is 30.3 Å². The maximum Gasteiger partial charge on any atom is 0.250 e. The molecule has 0 saturated carbocycles. The first-order valence-corrected chi connectivity index (χ1v) is 4.61. The molecule has 1 aromatic carbocycles. The molecule has 1 unspecified atom stereocenters. The van der Waals surface area contributed by atoms with Crippen LogP contribution in [0, 0.1) is 12.3 Å². The van der Waals surface area contributed by atoms with Crippen molar-refractivity contribution >= 4 is 27.5 Å². The van der Waals surface area contributed by atoms with E-state index in [2.05, 4.69) is 27.2 Å². The van der Waals surface area contributed by atoms with Crippen LogP contribution in [0.1, 0.15) is 0 Å². The van der Waals surface area contributed by atoms with Gasteiger partial charge in [-0.1, -0.05) is 40.0 Å². The minimum Gasteiger partial charge on any atom is -0.324 e. The Bertz CT molecular complexity index is 329. The van der Waals surface area contributed by atoms with Crippen molar-refractivity contribution < 1.29 is 4.79 Å². The van der Waals surface area contributed by atoms with Crippen molar-refractivity contribution in [3.05, 3.63) is 30.3 Å². The molecule has 0 aromatic heterocycles. The summed E-state index contributed by atoms with van der Waals surface area (Å²) in [6.07, 6.45) is 5.07. The summed E-state index contributed by atoms with van der Waals surface area (Å²) in [5.41, 5.74) is 0.743. The second-order valence-electron chi connectivity index (χ2n) is 2.38. The third kappa shape index (κ3) is 2.92. The number of anilines is 1. The maximum atomic E-state index is 11.2. The number of benzene rings is 1. The van der Waals surface area contributed by atoms with Gasteiger partial charge in [-0.05, 0) is 12.1 Å². The molecular formula is C10H8BrNO. The van der Waals surface area contributed by atoms with Crippen LogP contribution in [0.5, 0.6) is 0 Å². The van der Waals surface area contributed by atoms with Crippen LogP contribution in [0.4, 0.5) is 5.69 Å². The molecule has 1 aromatic rings. The number of para-hydroxylation sites is 1. The van der Waals surface area contributed by atoms with Crippen LogP contribution in [0.25, 0.3) is 0 Å². The van der Waals surface area contributed by atoms with E-state index in [1.54, 1.807) is 12.1 Å². The molecule has 3 heteroatoms. The lowest BCUT2D eigenvalue weighted by molar-refractivity contribution is -0.114. The molecule has 2 nitrogen and oxygen atoms in total. The van der Waals surface area contributed by atoms with E-state index in [9.17, 15) is 4.79 Å². The number of amides is 1. The molecule has 0 radical (unpaired) electrons. The summed E-state index contributed by atoms with van der Waals surface area (Å²) in [5, 5.41) is 2.66. The number of alkyl halides is 1. The molecule has 1 amide bonds. The fraction of sp³-hybridized carbons (Fsp3) is 0.100. The van der Waals surface area contributed by atoms with Gasteiger partial charge in [0.1, 0.15) is 0 Å². The van der Waals surface area contributed by atoms with Gasteiger partial charge in [0.15, 0.2) is 4.83 Å². The molecule has 0 saturated heterocycles. The Kier molecular flexibility index (Phi) is 3.53. The molecule has 1 N–H and O–H groups in total. The van der Waals surface area contributed by atoms with E-state index in [-0.39, 0.29) is 5.91 Å². The minimum atomic E-state index is -0.576. The first-order chi connectivity index (χ1) is 6.24. The van der Waals surface area contributed by atoms with Gasteiger partial charge < -0.3 is 5.32 Å². The Morgan fingerprint density at radius 2 is 2.08 bits per heavy atom. The highest BCUT2D eigenvalue weighted by molar-refractivity contribution is 9.10. The zero-order chi connectivity index (χ0) is 9.68. The Hall–Kier alpha value is -1.27. The largest absolute Gasteiger partial charge is 0.324 e. The second-order valence-corrected chi connectivity index (χ2v) is 3.30. The Labute approximate surface area is 85.5 Å². The second kappa shape index (κ2) is 4.68. The van der Waals surface area contributed by atoms with Crippen LogP contribution in [-0.4, -0.2) is 10.7 Å². The molecule has 0 aliphatic heterocycles. The summed E-state index contributed by atoms with van der Waals surface area (Å²) in [7, 11) is 0. The highest BCUT2D eigenvalue weighted by Crippen LogP contribution is 2.07. The van der Waals surface area contributed by atoms with E-state index in [0.717, 1.165) is 5.69 Å². The smallest absolute Gasteiger partial charge is 0.250 e. The van der Waals surface area contributed by atoms with Gasteiger partial charge in [-0.3, -0.25) is 4.79 Å². The maximum absolute atomic E-state index is 11.2. The SMILES string of the molecule is C#CC(Br)C(=O)Nc1ccccc1. The van der Waals surface area contributed by atoms with Crippen molar-refractivity contribution in [1.82, 2.24) is 0 Å². The molecule has 0 spiro atoms. The monoisotopic (exact) mass is 237 g/mol. The lowest BCUT2D eigenvalue weighted by Crippen LogP contribution is -2.21. The van der Waals surface area contributed by atoms with E-state index in [0.29, 0.717) is 0 Å². The van der Waals surface area contributed by atoms with Gasteiger partial charge in [0.25, 0.3) is 0 Å². The van der Waals surface area contributed by atoms with Crippen molar-refractivity contribution in [3.8, 4) is 12.3 Å². The van der Waals surface area contributed by atoms with Crippen molar-refractivity contribution in [2.45, 2.75) is 4.83 Å². The van der Waals surface area contributed by atoms with Gasteiger partial charge in [0.05, 0.1) is 0 Å². The zero-order valence-corrected chi connectivity index (χ0v) is 8.41. The molecule has 0 aliphatic rings. The number of hydrogen-bond donors (Lipinski definition) is 1. The van der Waals surface area contributed by atoms with Gasteiger partial charge in [-0.2, -0.15) is 0 Å². The Morgan fingerprint density at radius 3 is 2.62 bits per heavy atom. The molecule has 1 atom stereocenters. The first kappa shape index (κ1) is 9.82. The quantitative estimate of drug-likeness (QED) is 0.619. The van der Waals surface area contributed by atoms with Crippen molar-refractivity contribution in [3.63, 3.8) is 0 Å². The number of hydrogen-bond acceptors (Lipinski definition) is 1. The Morgan fingerprint density at radius 1 is 1.46 bits per heavy atom. The van der Waals surface area contributed by atoms with Gasteiger partial charge in [-0.25, -0.2) is 0 Å². The molecule has 0 bridgehead atoms. The van der Waals surface area contributed by atoms with Crippen molar-refractivity contribution in [2.24, 2.45) is 0 Å². The lowest BCUT2D eigenvalue weighted by atomic mass is 10.3. The highest BCUT2D eigenvalue weighted by Gasteiger charge is 2.10. The number of carbonyl (C=O) groups is 1. The molecule has 66 valence electrons. The summed E-state index contributed by atoms with van der Waals surface area (Å²) in [6, 6.07) is 9.16. The predicted octanol–water partition coefficient (Wildman–Crippen LogP) is 2.02. The van der Waals surface area contributed by atoms with Crippen molar-refractivity contribution in [1.29, 1.82) is 0 Å². The van der Waals surface area contributed by atoms with E-state index < -0.39 is 4.83 Å². The summed E-state index contributed by atoms with van der Waals surface area (Å²) in [6.45, 7) is 0. The molecule has 1 rings (SSSR count). The van der Waals surface area contributed by atoms with Crippen LogP contribution < -0.4 is 5.32 Å². The minimum absolute atomic E-state index is 0.228. The van der Waals surface area contributed by atoms with Gasteiger partial charge in [0.2, 0.25) is 5.91 Å². The highest BCUT2D eigenvalue weighted by atomic mass is 79.9. The van der Waals surface area contributed by atoms with Crippen molar-refractivity contribution in [2.75, 3.05) is 5.32 Å². The number of carbonyl (C=O) groups excluding carboxylic acids is 1. The van der Waals surface area contributed by atoms with Crippen LogP contribution in [-0.2, 0) is 4.79 Å². The summed E-state index contributed by atoms with van der Waals surface area (Å²) < 4.78 is 0. The predicted molar refractivity (Wildman–Crippen MR) is 56.6 cm³/mol. The average molecular weight is 238 g/mol. The van der Waals surface area contributed by atoms with E-state index in [1.807, 2.05) is 18.2 Å². The number of rotatable bonds is 2. The molecule has 0 heterocycles. The average Bonchev–Trinajstić information content (AvgIpc) is 2.18. The summed E-state index contributed by atoms with van der Waals surface area (Å²) in [4.78, 5) is 10.7. The van der Waals surface area contributed by atoms with Crippen LogP contribution >= 0.6 is 15.9 Å². The van der Waals surface area contributed by atoms with Crippen LogP contribution in [0.2, 0.25) is 0 Å². The lowest BCUT2D eigenvalue weighted by Gasteiger charge is -2.04. The number of terminal acetylenes is 1. The number of halogens is 1. The summed E-state index contributed by atoms with van der Waals surface area (Å²) >= 11 is 3.05. The normalized spacial score (nSPS) is 11.4. The molecule has 0 aliphatic carbocycles. The molecule has 0 fully saturated rings. The Balaban J connectivity index is 2.62. The van der Waals surface area contributed by atoms with Gasteiger partial charge in [0, 0.05) is 5.69 Å². The topological polar surface area (TPSA) is 29.1 Å². The summed E-state index contributed by atoms with van der Waals surface area (Å²) in [5.74, 6) is 2.06. The fourth-order valence-corrected chi connectivity index (χ4v) is 0.917. The molecular weight excluding hydrogens is 230 g/mol. The molecule has 13 heavy (non-hydrogen) atoms.